The minimum Gasteiger partial charge on any atom is -0.317 e. The number of hydrogen-bond acceptors (Lipinski definition) is 1. The molecule has 0 amide bonds. The van der Waals surface area contributed by atoms with Gasteiger partial charge in [-0.1, -0.05) is 0 Å². The molecule has 1 aromatic carbocycles. The normalized spacial score (nSPS) is 18.1. The lowest BCUT2D eigenvalue weighted by Crippen LogP contribution is -2.27. The van der Waals surface area contributed by atoms with E-state index in [9.17, 15) is 8.78 Å². The molecule has 0 unspecified atom stereocenters. The summed E-state index contributed by atoms with van der Waals surface area (Å²) < 4.78 is 26.4. The summed E-state index contributed by atoms with van der Waals surface area (Å²) in [5.41, 5.74) is 1.44. The minimum absolute atomic E-state index is 0.302. The third kappa shape index (κ3) is 2.17. The largest absolute Gasteiger partial charge is 0.317 e. The Morgan fingerprint density at radius 3 is 2.53 bits per heavy atom. The molecule has 1 N–H and O–H groups in total. The molecule has 2 rings (SSSR count). The second-order valence-corrected chi connectivity index (χ2v) is 4.13. The van der Waals surface area contributed by atoms with Gasteiger partial charge in [-0.3, -0.25) is 0 Å². The lowest BCUT2D eigenvalue weighted by atomic mass is 9.87. The molecule has 0 aliphatic carbocycles. The molecule has 1 aliphatic rings. The van der Waals surface area contributed by atoms with E-state index in [1.54, 1.807) is 6.92 Å². The summed E-state index contributed by atoms with van der Waals surface area (Å²) >= 11 is 0. The van der Waals surface area contributed by atoms with Crippen LogP contribution in [-0.2, 0) is 0 Å². The van der Waals surface area contributed by atoms with Crippen LogP contribution in [0.5, 0.6) is 0 Å². The molecule has 1 aromatic rings. The average Bonchev–Trinajstić information content (AvgIpc) is 2.24. The van der Waals surface area contributed by atoms with E-state index in [4.69, 9.17) is 0 Å². The highest BCUT2D eigenvalue weighted by Gasteiger charge is 2.19. The third-order valence-corrected chi connectivity index (χ3v) is 3.13. The van der Waals surface area contributed by atoms with Crippen molar-refractivity contribution in [1.29, 1.82) is 0 Å². The first-order valence-electron chi connectivity index (χ1n) is 5.34. The Hall–Kier alpha value is -0.960. The smallest absolute Gasteiger partial charge is 0.129 e. The van der Waals surface area contributed by atoms with Crippen molar-refractivity contribution in [1.82, 2.24) is 5.32 Å². The Morgan fingerprint density at radius 1 is 1.20 bits per heavy atom. The van der Waals surface area contributed by atoms with Gasteiger partial charge >= 0.3 is 0 Å². The molecular weight excluding hydrogens is 196 g/mol. The van der Waals surface area contributed by atoms with E-state index < -0.39 is 11.6 Å². The first-order valence-corrected chi connectivity index (χ1v) is 5.34. The summed E-state index contributed by atoms with van der Waals surface area (Å²) in [6.07, 6.45) is 1.92. The van der Waals surface area contributed by atoms with Crippen LogP contribution in [0.15, 0.2) is 12.1 Å². The van der Waals surface area contributed by atoms with Gasteiger partial charge in [-0.15, -0.1) is 0 Å². The van der Waals surface area contributed by atoms with Crippen LogP contribution in [0.4, 0.5) is 8.78 Å². The molecule has 0 spiro atoms. The van der Waals surface area contributed by atoms with Crippen molar-refractivity contribution < 1.29 is 8.78 Å². The summed E-state index contributed by atoms with van der Waals surface area (Å²) in [6.45, 7) is 3.59. The fourth-order valence-corrected chi connectivity index (χ4v) is 2.22. The quantitative estimate of drug-likeness (QED) is 0.753. The number of hydrogen-bond donors (Lipinski definition) is 1. The van der Waals surface area contributed by atoms with Gasteiger partial charge in [0.15, 0.2) is 0 Å². The van der Waals surface area contributed by atoms with Gasteiger partial charge in [0.05, 0.1) is 0 Å². The topological polar surface area (TPSA) is 12.0 Å². The Morgan fingerprint density at radius 2 is 1.87 bits per heavy atom. The van der Waals surface area contributed by atoms with Gasteiger partial charge in [-0.2, -0.15) is 0 Å². The molecule has 0 saturated carbocycles. The van der Waals surface area contributed by atoms with Crippen molar-refractivity contribution in [2.75, 3.05) is 13.1 Å². The highest BCUT2D eigenvalue weighted by atomic mass is 19.1. The monoisotopic (exact) mass is 211 g/mol. The molecule has 1 saturated heterocycles. The minimum atomic E-state index is -0.466. The molecule has 0 aromatic heterocycles. The van der Waals surface area contributed by atoms with Gasteiger partial charge in [0.25, 0.3) is 0 Å². The maximum atomic E-state index is 13.3. The highest BCUT2D eigenvalue weighted by Crippen LogP contribution is 2.29. The van der Waals surface area contributed by atoms with E-state index >= 15 is 0 Å². The second-order valence-electron chi connectivity index (χ2n) is 4.13. The van der Waals surface area contributed by atoms with Crippen molar-refractivity contribution in [3.63, 3.8) is 0 Å². The van der Waals surface area contributed by atoms with E-state index in [0.29, 0.717) is 11.5 Å². The van der Waals surface area contributed by atoms with Gasteiger partial charge in [0.2, 0.25) is 0 Å². The van der Waals surface area contributed by atoms with Crippen molar-refractivity contribution in [2.24, 2.45) is 0 Å². The van der Waals surface area contributed by atoms with Gasteiger partial charge in [-0.05, 0) is 56.0 Å². The molecule has 1 nitrogen and oxygen atoms in total. The lowest BCUT2D eigenvalue weighted by Gasteiger charge is -2.24. The summed E-state index contributed by atoms with van der Waals surface area (Å²) in [4.78, 5) is 0. The van der Waals surface area contributed by atoms with E-state index in [1.165, 1.54) is 6.07 Å². The van der Waals surface area contributed by atoms with Crippen LogP contribution in [0.2, 0.25) is 0 Å². The van der Waals surface area contributed by atoms with Crippen LogP contribution in [0, 0.1) is 18.6 Å². The van der Waals surface area contributed by atoms with Gasteiger partial charge in [0, 0.05) is 6.07 Å². The molecule has 0 radical (unpaired) electrons. The van der Waals surface area contributed by atoms with E-state index in [2.05, 4.69) is 5.32 Å². The van der Waals surface area contributed by atoms with Gasteiger partial charge in [-0.25, -0.2) is 8.78 Å². The van der Waals surface area contributed by atoms with Crippen LogP contribution in [-0.4, -0.2) is 13.1 Å². The van der Waals surface area contributed by atoms with E-state index in [-0.39, 0.29) is 0 Å². The van der Waals surface area contributed by atoms with Crippen molar-refractivity contribution in [2.45, 2.75) is 25.7 Å². The van der Waals surface area contributed by atoms with Crippen LogP contribution < -0.4 is 5.32 Å². The van der Waals surface area contributed by atoms with Crippen LogP contribution in [0.3, 0.4) is 0 Å². The fourth-order valence-electron chi connectivity index (χ4n) is 2.22. The Kier molecular flexibility index (Phi) is 3.00. The SMILES string of the molecule is Cc1c(F)cc(F)cc1C1CCNCC1. The molecule has 3 heteroatoms. The fraction of sp³-hybridized carbons (Fsp3) is 0.500. The van der Waals surface area contributed by atoms with Crippen LogP contribution >= 0.6 is 0 Å². The zero-order valence-corrected chi connectivity index (χ0v) is 8.82. The number of halogens is 2. The van der Waals surface area contributed by atoms with Crippen molar-refractivity contribution >= 4 is 0 Å². The molecule has 1 aliphatic heterocycles. The lowest BCUT2D eigenvalue weighted by molar-refractivity contribution is 0.453. The van der Waals surface area contributed by atoms with Gasteiger partial charge in [0.1, 0.15) is 11.6 Å². The number of nitrogens with one attached hydrogen (secondary N) is 1. The summed E-state index contributed by atoms with van der Waals surface area (Å²) in [5, 5.41) is 3.25. The highest BCUT2D eigenvalue weighted by molar-refractivity contribution is 5.31. The first kappa shape index (κ1) is 10.6. The molecule has 1 fully saturated rings. The van der Waals surface area contributed by atoms with Crippen molar-refractivity contribution in [3.05, 3.63) is 34.9 Å². The first-order chi connectivity index (χ1) is 7.18. The van der Waals surface area contributed by atoms with Crippen LogP contribution in [0.25, 0.3) is 0 Å². The summed E-state index contributed by atoms with van der Waals surface area (Å²) in [6, 6.07) is 2.44. The zero-order chi connectivity index (χ0) is 10.8. The second kappa shape index (κ2) is 4.27. The molecule has 0 atom stereocenters. The Labute approximate surface area is 88.5 Å². The van der Waals surface area contributed by atoms with Crippen molar-refractivity contribution in [3.8, 4) is 0 Å². The maximum Gasteiger partial charge on any atom is 0.129 e. The third-order valence-electron chi connectivity index (χ3n) is 3.13. The number of benzene rings is 1. The molecule has 1 heterocycles. The molecule has 82 valence electrons. The van der Waals surface area contributed by atoms with Gasteiger partial charge < -0.3 is 5.32 Å². The standard InChI is InChI=1S/C12H15F2N/c1-8-11(6-10(13)7-12(8)14)9-2-4-15-5-3-9/h6-7,9,15H,2-5H2,1H3. The maximum absolute atomic E-state index is 13.3. The van der Waals surface area contributed by atoms with E-state index in [0.717, 1.165) is 37.6 Å². The molecule has 15 heavy (non-hydrogen) atoms. The Bertz CT molecular complexity index is 357. The number of piperidine rings is 1. The predicted octanol–water partition coefficient (Wildman–Crippen LogP) is 2.74. The van der Waals surface area contributed by atoms with E-state index in [1.807, 2.05) is 0 Å². The Balaban J connectivity index is 2.33. The average molecular weight is 211 g/mol. The number of rotatable bonds is 1. The van der Waals surface area contributed by atoms with Crippen LogP contribution in [0.1, 0.15) is 29.9 Å². The molecule has 0 bridgehead atoms. The zero-order valence-electron chi connectivity index (χ0n) is 8.82. The summed E-state index contributed by atoms with van der Waals surface area (Å²) in [7, 11) is 0. The molecular formula is C12H15F2N. The predicted molar refractivity (Wildman–Crippen MR) is 55.9 cm³/mol. The summed E-state index contributed by atoms with van der Waals surface area (Å²) in [5.74, 6) is -0.591.